The molecule has 0 bridgehead atoms. The summed E-state index contributed by atoms with van der Waals surface area (Å²) in [4.78, 5) is 29.9. The van der Waals surface area contributed by atoms with Crippen molar-refractivity contribution in [1.29, 1.82) is 0 Å². The standard InChI is InChI=1S/C25H23F3N6O3/c1-14-18-8-5-16(11-20(18)33(2)31-14)22-30-24(37-32-22)19-9-10-34(13-25(19,27)28)21(35)12-29-23(36)15-3-6-17(26)7-4-15/h3-8,11,19H,9-10,12-13H2,1-2H3,(H,29,36). The van der Waals surface area contributed by atoms with Gasteiger partial charge in [0.2, 0.25) is 17.6 Å². The van der Waals surface area contributed by atoms with Gasteiger partial charge in [0.05, 0.1) is 24.3 Å². The third kappa shape index (κ3) is 4.78. The topological polar surface area (TPSA) is 106 Å². The zero-order chi connectivity index (χ0) is 26.3. The van der Waals surface area contributed by atoms with Crippen LogP contribution in [-0.2, 0) is 11.8 Å². The van der Waals surface area contributed by atoms with Crippen molar-refractivity contribution in [3.05, 3.63) is 65.4 Å². The number of alkyl halides is 2. The number of benzene rings is 2. The molecule has 4 aromatic rings. The molecule has 0 saturated carbocycles. The van der Waals surface area contributed by atoms with Gasteiger partial charge in [-0.05, 0) is 43.7 Å². The molecule has 0 aliphatic carbocycles. The molecule has 3 heterocycles. The Morgan fingerprint density at radius 2 is 1.95 bits per heavy atom. The number of likely N-dealkylation sites (tertiary alicyclic amines) is 1. The number of aryl methyl sites for hydroxylation is 2. The second-order valence-corrected chi connectivity index (χ2v) is 9.00. The van der Waals surface area contributed by atoms with E-state index in [9.17, 15) is 14.0 Å². The largest absolute Gasteiger partial charge is 0.343 e. The van der Waals surface area contributed by atoms with Gasteiger partial charge < -0.3 is 14.7 Å². The minimum absolute atomic E-state index is 0.0312. The first-order chi connectivity index (χ1) is 17.6. The highest BCUT2D eigenvalue weighted by atomic mass is 19.3. The Kier molecular flexibility index (Phi) is 6.18. The van der Waals surface area contributed by atoms with Crippen molar-refractivity contribution in [3.8, 4) is 11.4 Å². The van der Waals surface area contributed by atoms with Gasteiger partial charge in [-0.15, -0.1) is 0 Å². The second kappa shape index (κ2) is 9.34. The number of halogens is 3. The van der Waals surface area contributed by atoms with Crippen molar-refractivity contribution in [3.63, 3.8) is 0 Å². The lowest BCUT2D eigenvalue weighted by Crippen LogP contribution is -2.52. The van der Waals surface area contributed by atoms with Gasteiger partial charge >= 0.3 is 0 Å². The monoisotopic (exact) mass is 512 g/mol. The van der Waals surface area contributed by atoms with Crippen LogP contribution in [0.15, 0.2) is 47.0 Å². The maximum Gasteiger partial charge on any atom is 0.276 e. The predicted molar refractivity (Wildman–Crippen MR) is 126 cm³/mol. The summed E-state index contributed by atoms with van der Waals surface area (Å²) in [5, 5.41) is 11.6. The van der Waals surface area contributed by atoms with E-state index in [2.05, 4.69) is 20.6 Å². The van der Waals surface area contributed by atoms with Gasteiger partial charge in [0, 0.05) is 30.1 Å². The van der Waals surface area contributed by atoms with Crippen LogP contribution in [0.2, 0.25) is 0 Å². The number of amides is 2. The molecule has 2 aromatic heterocycles. The summed E-state index contributed by atoms with van der Waals surface area (Å²) in [6, 6.07) is 10.2. The second-order valence-electron chi connectivity index (χ2n) is 9.00. The van der Waals surface area contributed by atoms with Gasteiger partial charge in [-0.2, -0.15) is 10.1 Å². The Hall–Kier alpha value is -4.22. The summed E-state index contributed by atoms with van der Waals surface area (Å²) in [6.45, 7) is 0.620. The average Bonchev–Trinajstić information content (AvgIpc) is 3.46. The van der Waals surface area contributed by atoms with Crippen LogP contribution in [0.1, 0.15) is 34.3 Å². The highest BCUT2D eigenvalue weighted by Gasteiger charge is 2.49. The minimum atomic E-state index is -3.32. The Balaban J connectivity index is 1.24. The normalized spacial score (nSPS) is 17.2. The summed E-state index contributed by atoms with van der Waals surface area (Å²) in [6.07, 6.45) is -0.0910. The Labute approximate surface area is 209 Å². The van der Waals surface area contributed by atoms with Gasteiger partial charge in [0.15, 0.2) is 0 Å². The summed E-state index contributed by atoms with van der Waals surface area (Å²) in [5.41, 5.74) is 2.49. The minimum Gasteiger partial charge on any atom is -0.343 e. The zero-order valence-corrected chi connectivity index (χ0v) is 20.0. The van der Waals surface area contributed by atoms with E-state index in [1.54, 1.807) is 10.7 Å². The summed E-state index contributed by atoms with van der Waals surface area (Å²) in [5.74, 6) is -6.44. The lowest BCUT2D eigenvalue weighted by atomic mass is 9.92. The zero-order valence-electron chi connectivity index (χ0n) is 20.0. The third-order valence-corrected chi connectivity index (χ3v) is 6.49. The fraction of sp³-hybridized carbons (Fsp3) is 0.320. The molecule has 37 heavy (non-hydrogen) atoms. The first kappa shape index (κ1) is 24.5. The molecule has 2 aromatic carbocycles. The van der Waals surface area contributed by atoms with Crippen molar-refractivity contribution in [2.75, 3.05) is 19.6 Å². The first-order valence-electron chi connectivity index (χ1n) is 11.6. The van der Waals surface area contributed by atoms with Gasteiger partial charge in [-0.25, -0.2) is 13.2 Å². The number of piperidine rings is 1. The lowest BCUT2D eigenvalue weighted by Gasteiger charge is -2.36. The van der Waals surface area contributed by atoms with Gasteiger partial charge in [0.1, 0.15) is 11.7 Å². The first-order valence-corrected chi connectivity index (χ1v) is 11.6. The predicted octanol–water partition coefficient (Wildman–Crippen LogP) is 3.45. The number of nitrogens with one attached hydrogen (secondary N) is 1. The number of hydrogen-bond acceptors (Lipinski definition) is 6. The molecule has 192 valence electrons. The van der Waals surface area contributed by atoms with Crippen LogP contribution in [0.5, 0.6) is 0 Å². The summed E-state index contributed by atoms with van der Waals surface area (Å²) >= 11 is 0. The maximum absolute atomic E-state index is 15.1. The molecule has 12 heteroatoms. The molecule has 1 unspecified atom stereocenters. The smallest absolute Gasteiger partial charge is 0.276 e. The van der Waals surface area contributed by atoms with E-state index < -0.39 is 42.6 Å². The molecule has 5 rings (SSSR count). The van der Waals surface area contributed by atoms with Crippen LogP contribution in [0.4, 0.5) is 13.2 Å². The number of carbonyl (C=O) groups is 2. The molecule has 1 saturated heterocycles. The Morgan fingerprint density at radius 1 is 1.19 bits per heavy atom. The van der Waals surface area contributed by atoms with E-state index in [1.165, 1.54) is 12.1 Å². The number of fused-ring (bicyclic) bond motifs is 1. The van der Waals surface area contributed by atoms with Crippen molar-refractivity contribution >= 4 is 22.7 Å². The van der Waals surface area contributed by atoms with E-state index in [0.29, 0.717) is 5.56 Å². The molecule has 2 amide bonds. The van der Waals surface area contributed by atoms with Crippen molar-refractivity contribution in [2.45, 2.75) is 25.2 Å². The van der Waals surface area contributed by atoms with Gasteiger partial charge in [-0.1, -0.05) is 17.3 Å². The molecule has 1 atom stereocenters. The Morgan fingerprint density at radius 3 is 2.68 bits per heavy atom. The molecular formula is C25H23F3N6O3. The quantitative estimate of drug-likeness (QED) is 0.439. The number of carbonyl (C=O) groups excluding carboxylic acids is 2. The van der Waals surface area contributed by atoms with E-state index >= 15 is 8.78 Å². The molecule has 1 fully saturated rings. The fourth-order valence-electron chi connectivity index (χ4n) is 4.50. The number of nitrogens with zero attached hydrogens (tertiary/aromatic N) is 5. The maximum atomic E-state index is 15.1. The molecular weight excluding hydrogens is 489 g/mol. The molecule has 1 aliphatic rings. The summed E-state index contributed by atoms with van der Waals surface area (Å²) < 4.78 is 50.1. The Bertz CT molecular complexity index is 1480. The highest BCUT2D eigenvalue weighted by molar-refractivity contribution is 5.96. The van der Waals surface area contributed by atoms with Crippen LogP contribution < -0.4 is 5.32 Å². The van der Waals surface area contributed by atoms with Gasteiger partial charge in [-0.3, -0.25) is 14.3 Å². The molecule has 1 aliphatic heterocycles. The lowest BCUT2D eigenvalue weighted by molar-refractivity contribution is -0.144. The third-order valence-electron chi connectivity index (χ3n) is 6.49. The van der Waals surface area contributed by atoms with E-state index in [4.69, 9.17) is 4.52 Å². The molecule has 1 N–H and O–H groups in total. The van der Waals surface area contributed by atoms with E-state index in [0.717, 1.165) is 33.6 Å². The van der Waals surface area contributed by atoms with Crippen LogP contribution >= 0.6 is 0 Å². The number of rotatable bonds is 5. The van der Waals surface area contributed by atoms with Crippen molar-refractivity contribution in [1.82, 2.24) is 30.1 Å². The van der Waals surface area contributed by atoms with Gasteiger partial charge in [0.25, 0.3) is 11.8 Å². The van der Waals surface area contributed by atoms with Crippen LogP contribution in [0.3, 0.4) is 0 Å². The fourth-order valence-corrected chi connectivity index (χ4v) is 4.50. The van der Waals surface area contributed by atoms with E-state index in [-0.39, 0.29) is 30.2 Å². The average molecular weight is 512 g/mol. The van der Waals surface area contributed by atoms with E-state index in [1.807, 2.05) is 26.1 Å². The van der Waals surface area contributed by atoms with Crippen molar-refractivity contribution in [2.24, 2.45) is 7.05 Å². The van der Waals surface area contributed by atoms with Crippen molar-refractivity contribution < 1.29 is 27.3 Å². The highest BCUT2D eigenvalue weighted by Crippen LogP contribution is 2.40. The number of hydrogen-bond donors (Lipinski definition) is 1. The molecule has 0 spiro atoms. The SMILES string of the molecule is Cc1nn(C)c2cc(-c3noc(C4CCN(C(=O)CNC(=O)c5ccc(F)cc5)CC4(F)F)n3)ccc12. The molecule has 9 nitrogen and oxygen atoms in total. The van der Waals surface area contributed by atoms with Crippen LogP contribution in [-0.4, -0.2) is 62.2 Å². The molecule has 0 radical (unpaired) electrons. The van der Waals surface area contributed by atoms with Crippen LogP contribution in [0.25, 0.3) is 22.3 Å². The number of aromatic nitrogens is 4. The van der Waals surface area contributed by atoms with Crippen LogP contribution in [0, 0.1) is 12.7 Å². The summed E-state index contributed by atoms with van der Waals surface area (Å²) in [7, 11) is 1.81.